The molecular weight excluding hydrogens is 295 g/mol. The summed E-state index contributed by atoms with van der Waals surface area (Å²) in [6.45, 7) is 1.93. The monoisotopic (exact) mass is 312 g/mol. The third-order valence-corrected chi connectivity index (χ3v) is 5.32. The Hall–Kier alpha value is -0.570. The van der Waals surface area contributed by atoms with Crippen LogP contribution in [0, 0.1) is 5.92 Å². The molecule has 1 unspecified atom stereocenters. The van der Waals surface area contributed by atoms with Crippen LogP contribution in [0.5, 0.6) is 0 Å². The number of halogens is 2. The molecule has 2 saturated heterocycles. The molecule has 2 aliphatic rings. The van der Waals surface area contributed by atoms with Crippen molar-refractivity contribution < 1.29 is 9.53 Å². The largest absolute Gasteiger partial charge is 0.374 e. The molecule has 20 heavy (non-hydrogen) atoms. The smallest absolute Gasteiger partial charge is 0.138 e. The lowest BCUT2D eigenvalue weighted by Crippen LogP contribution is -2.38. The van der Waals surface area contributed by atoms with Gasteiger partial charge in [0.2, 0.25) is 0 Å². The maximum absolute atomic E-state index is 12.4. The summed E-state index contributed by atoms with van der Waals surface area (Å²) >= 11 is 12.1. The Balaban J connectivity index is 1.96. The van der Waals surface area contributed by atoms with E-state index in [-0.39, 0.29) is 17.9 Å². The van der Waals surface area contributed by atoms with Crippen LogP contribution >= 0.6 is 23.2 Å². The molecule has 2 heterocycles. The number of rotatable bonds is 3. The van der Waals surface area contributed by atoms with Crippen molar-refractivity contribution in [2.24, 2.45) is 5.92 Å². The van der Waals surface area contributed by atoms with E-state index in [0.29, 0.717) is 28.4 Å². The first-order valence-corrected chi connectivity index (χ1v) is 7.99. The summed E-state index contributed by atoms with van der Waals surface area (Å²) < 4.78 is 5.96. The SMILES string of the molecule is CCC(=O)[C@H]1[C@@H](c2ccc(Cl)c(Cl)c2)CC2CC[C@H]1O2. The second kappa shape index (κ2) is 5.67. The zero-order valence-corrected chi connectivity index (χ0v) is 13.0. The van der Waals surface area contributed by atoms with Gasteiger partial charge in [-0.25, -0.2) is 0 Å². The molecular formula is C16H18Cl2O2. The van der Waals surface area contributed by atoms with Gasteiger partial charge >= 0.3 is 0 Å². The molecule has 1 aromatic carbocycles. The van der Waals surface area contributed by atoms with Crippen LogP contribution in [0.2, 0.25) is 10.0 Å². The maximum atomic E-state index is 12.4. The van der Waals surface area contributed by atoms with Gasteiger partial charge < -0.3 is 4.74 Å². The van der Waals surface area contributed by atoms with Crippen molar-refractivity contribution in [2.75, 3.05) is 0 Å². The Morgan fingerprint density at radius 3 is 2.80 bits per heavy atom. The van der Waals surface area contributed by atoms with Gasteiger partial charge in [0.1, 0.15) is 5.78 Å². The predicted octanol–water partition coefficient (Wildman–Crippen LogP) is 4.62. The summed E-state index contributed by atoms with van der Waals surface area (Å²) in [5, 5.41) is 1.12. The van der Waals surface area contributed by atoms with Gasteiger partial charge in [-0.15, -0.1) is 0 Å². The van der Waals surface area contributed by atoms with Crippen LogP contribution in [0.4, 0.5) is 0 Å². The minimum atomic E-state index is -0.0315. The predicted molar refractivity (Wildman–Crippen MR) is 80.5 cm³/mol. The molecule has 0 aromatic heterocycles. The third-order valence-electron chi connectivity index (χ3n) is 4.58. The van der Waals surface area contributed by atoms with Crippen LogP contribution in [-0.4, -0.2) is 18.0 Å². The molecule has 4 atom stereocenters. The Labute approximate surface area is 129 Å². The zero-order chi connectivity index (χ0) is 14.3. The number of ketones is 1. The molecule has 0 radical (unpaired) electrons. The van der Waals surface area contributed by atoms with E-state index >= 15 is 0 Å². The Morgan fingerprint density at radius 1 is 1.30 bits per heavy atom. The van der Waals surface area contributed by atoms with Crippen LogP contribution < -0.4 is 0 Å². The first-order valence-electron chi connectivity index (χ1n) is 7.23. The van der Waals surface area contributed by atoms with Gasteiger partial charge in [0.15, 0.2) is 0 Å². The molecule has 1 aromatic rings. The highest BCUT2D eigenvalue weighted by Crippen LogP contribution is 2.46. The Morgan fingerprint density at radius 2 is 2.10 bits per heavy atom. The van der Waals surface area contributed by atoms with Crippen molar-refractivity contribution in [2.45, 2.75) is 50.7 Å². The third kappa shape index (κ3) is 2.49. The van der Waals surface area contributed by atoms with Crippen LogP contribution in [0.15, 0.2) is 18.2 Å². The summed E-state index contributed by atoms with van der Waals surface area (Å²) in [5.74, 6) is 0.478. The topological polar surface area (TPSA) is 26.3 Å². The number of carbonyl (C=O) groups is 1. The van der Waals surface area contributed by atoms with Crippen molar-refractivity contribution >= 4 is 29.0 Å². The van der Waals surface area contributed by atoms with E-state index in [1.54, 1.807) is 0 Å². The lowest BCUT2D eigenvalue weighted by molar-refractivity contribution is -0.133. The second-order valence-corrected chi connectivity index (χ2v) is 6.55. The summed E-state index contributed by atoms with van der Waals surface area (Å²) in [4.78, 5) is 12.4. The lowest BCUT2D eigenvalue weighted by atomic mass is 9.76. The molecule has 2 aliphatic heterocycles. The van der Waals surface area contributed by atoms with Crippen molar-refractivity contribution in [1.82, 2.24) is 0 Å². The van der Waals surface area contributed by atoms with Crippen molar-refractivity contribution in [1.29, 1.82) is 0 Å². The normalized spacial score (nSPS) is 32.4. The van der Waals surface area contributed by atoms with Gasteiger partial charge in [-0.2, -0.15) is 0 Å². The molecule has 2 fully saturated rings. The van der Waals surface area contributed by atoms with Gasteiger partial charge in [-0.05, 0) is 42.9 Å². The molecule has 0 N–H and O–H groups in total. The first kappa shape index (κ1) is 14.4. The molecule has 3 rings (SSSR count). The summed E-state index contributed by atoms with van der Waals surface area (Å²) in [6, 6.07) is 5.74. The average molecular weight is 313 g/mol. The summed E-state index contributed by atoms with van der Waals surface area (Å²) in [5.41, 5.74) is 1.12. The number of fused-ring (bicyclic) bond motifs is 2. The molecule has 108 valence electrons. The lowest BCUT2D eigenvalue weighted by Gasteiger charge is -2.36. The zero-order valence-electron chi connectivity index (χ0n) is 11.4. The molecule has 2 nitrogen and oxygen atoms in total. The number of Topliss-reactive ketones (excluding diaryl/α,β-unsaturated/α-hetero) is 1. The molecule has 0 saturated carbocycles. The van der Waals surface area contributed by atoms with Gasteiger partial charge in [0.05, 0.1) is 28.2 Å². The van der Waals surface area contributed by atoms with E-state index in [0.717, 1.165) is 24.8 Å². The van der Waals surface area contributed by atoms with Crippen molar-refractivity contribution in [3.05, 3.63) is 33.8 Å². The van der Waals surface area contributed by atoms with Gasteiger partial charge in [0, 0.05) is 6.42 Å². The van der Waals surface area contributed by atoms with Gasteiger partial charge in [-0.3, -0.25) is 4.79 Å². The Bertz CT molecular complexity index is 529. The molecule has 0 amide bonds. The van der Waals surface area contributed by atoms with Crippen molar-refractivity contribution in [3.8, 4) is 0 Å². The van der Waals surface area contributed by atoms with Crippen LogP contribution in [-0.2, 0) is 9.53 Å². The molecule has 2 bridgehead atoms. The summed E-state index contributed by atoms with van der Waals surface area (Å²) in [6.07, 6.45) is 3.91. The number of hydrogen-bond acceptors (Lipinski definition) is 2. The fraction of sp³-hybridized carbons (Fsp3) is 0.562. The van der Waals surface area contributed by atoms with Gasteiger partial charge in [0.25, 0.3) is 0 Å². The van der Waals surface area contributed by atoms with E-state index in [4.69, 9.17) is 27.9 Å². The highest BCUT2D eigenvalue weighted by molar-refractivity contribution is 6.42. The highest BCUT2D eigenvalue weighted by Gasteiger charge is 2.46. The number of carbonyl (C=O) groups excluding carboxylic acids is 1. The molecule has 4 heteroatoms. The molecule has 0 aliphatic carbocycles. The summed E-state index contributed by atoms with van der Waals surface area (Å²) in [7, 11) is 0. The standard InChI is InChI=1S/C16H18Cl2O2/c1-2-14(19)16-11(8-10-4-6-15(16)20-10)9-3-5-12(17)13(18)7-9/h3,5,7,10-11,15-16H,2,4,6,8H2,1H3/t10?,11-,15-,16-/m1/s1. The van der Waals surface area contributed by atoms with E-state index in [1.165, 1.54) is 0 Å². The van der Waals surface area contributed by atoms with E-state index in [1.807, 2.05) is 25.1 Å². The maximum Gasteiger partial charge on any atom is 0.138 e. The minimum Gasteiger partial charge on any atom is -0.374 e. The average Bonchev–Trinajstić information content (AvgIpc) is 2.82. The number of hydrogen-bond donors (Lipinski definition) is 0. The van der Waals surface area contributed by atoms with Crippen LogP contribution in [0.1, 0.15) is 44.1 Å². The fourth-order valence-corrected chi connectivity index (χ4v) is 3.92. The Kier molecular flexibility index (Phi) is 4.07. The molecule has 0 spiro atoms. The van der Waals surface area contributed by atoms with Crippen LogP contribution in [0.25, 0.3) is 0 Å². The van der Waals surface area contributed by atoms with Gasteiger partial charge in [-0.1, -0.05) is 36.2 Å². The van der Waals surface area contributed by atoms with E-state index in [2.05, 4.69) is 0 Å². The van der Waals surface area contributed by atoms with Crippen LogP contribution in [0.3, 0.4) is 0 Å². The first-order chi connectivity index (χ1) is 9.60. The number of benzene rings is 1. The van der Waals surface area contributed by atoms with E-state index < -0.39 is 0 Å². The second-order valence-electron chi connectivity index (χ2n) is 5.74. The minimum absolute atomic E-state index is 0.0315. The number of ether oxygens (including phenoxy) is 1. The quantitative estimate of drug-likeness (QED) is 0.813. The highest BCUT2D eigenvalue weighted by atomic mass is 35.5. The van der Waals surface area contributed by atoms with E-state index in [9.17, 15) is 4.79 Å². The fourth-order valence-electron chi connectivity index (χ4n) is 3.61. The van der Waals surface area contributed by atoms with Crippen molar-refractivity contribution in [3.63, 3.8) is 0 Å².